The van der Waals surface area contributed by atoms with Crippen molar-refractivity contribution in [2.75, 3.05) is 31.1 Å². The molecule has 1 N–H and O–H groups in total. The zero-order valence-electron chi connectivity index (χ0n) is 18.9. The molecule has 0 aromatic heterocycles. The molecular weight excluding hydrogens is 458 g/mol. The molecule has 2 fully saturated rings. The van der Waals surface area contributed by atoms with Gasteiger partial charge in [-0.3, -0.25) is 4.79 Å². The van der Waals surface area contributed by atoms with Gasteiger partial charge in [-0.25, -0.2) is 13.1 Å². The number of carbonyl (C=O) groups is 1. The van der Waals surface area contributed by atoms with Gasteiger partial charge in [-0.1, -0.05) is 49.1 Å². The van der Waals surface area contributed by atoms with Gasteiger partial charge >= 0.3 is 0 Å². The number of aryl methyl sites for hydroxylation is 1. The van der Waals surface area contributed by atoms with Gasteiger partial charge in [0.25, 0.3) is 0 Å². The van der Waals surface area contributed by atoms with E-state index in [1.54, 1.807) is 12.1 Å². The van der Waals surface area contributed by atoms with Gasteiger partial charge < -0.3 is 9.80 Å². The summed E-state index contributed by atoms with van der Waals surface area (Å²) in [5.41, 5.74) is 2.06. The Kier molecular flexibility index (Phi) is 7.94. The topological polar surface area (TPSA) is 69.7 Å². The molecule has 33 heavy (non-hydrogen) atoms. The first-order chi connectivity index (χ1) is 15.9. The van der Waals surface area contributed by atoms with E-state index < -0.39 is 10.0 Å². The van der Waals surface area contributed by atoms with Crippen molar-refractivity contribution in [1.29, 1.82) is 0 Å². The number of hydrogen-bond acceptors (Lipinski definition) is 4. The second-order valence-corrected chi connectivity index (χ2v) is 11.1. The summed E-state index contributed by atoms with van der Waals surface area (Å²) in [6, 6.07) is 14.8. The third-order valence-corrected chi connectivity index (χ3v) is 8.37. The van der Waals surface area contributed by atoms with Crippen LogP contribution in [0.2, 0.25) is 5.02 Å². The highest BCUT2D eigenvalue weighted by Crippen LogP contribution is 2.22. The smallest absolute Gasteiger partial charge is 0.240 e. The number of carbonyl (C=O) groups excluding carboxylic acids is 1. The molecular formula is C25H32ClN3O3S. The minimum Gasteiger partial charge on any atom is -0.368 e. The van der Waals surface area contributed by atoms with Crippen LogP contribution in [0, 0.1) is 0 Å². The Hall–Kier alpha value is -2.09. The van der Waals surface area contributed by atoms with Crippen molar-refractivity contribution in [2.24, 2.45) is 0 Å². The highest BCUT2D eigenvalue weighted by molar-refractivity contribution is 7.89. The van der Waals surface area contributed by atoms with E-state index in [0.29, 0.717) is 30.8 Å². The lowest BCUT2D eigenvalue weighted by Gasteiger charge is -2.36. The molecule has 1 aliphatic heterocycles. The molecule has 0 bridgehead atoms. The van der Waals surface area contributed by atoms with E-state index in [2.05, 4.69) is 9.62 Å². The molecule has 2 aliphatic rings. The summed E-state index contributed by atoms with van der Waals surface area (Å²) in [6.07, 6.45) is 6.18. The Morgan fingerprint density at radius 2 is 1.67 bits per heavy atom. The van der Waals surface area contributed by atoms with Gasteiger partial charge in [0.2, 0.25) is 15.9 Å². The molecule has 2 aromatic carbocycles. The monoisotopic (exact) mass is 489 g/mol. The summed E-state index contributed by atoms with van der Waals surface area (Å²) in [4.78, 5) is 17.1. The second kappa shape index (κ2) is 10.9. The number of halogens is 1. The normalized spacial score (nSPS) is 17.8. The van der Waals surface area contributed by atoms with Crippen molar-refractivity contribution in [2.45, 2.75) is 55.9 Å². The van der Waals surface area contributed by atoms with Crippen LogP contribution in [0.15, 0.2) is 53.4 Å². The van der Waals surface area contributed by atoms with Crippen molar-refractivity contribution >= 4 is 33.2 Å². The lowest BCUT2D eigenvalue weighted by Crippen LogP contribution is -2.48. The van der Waals surface area contributed by atoms with Gasteiger partial charge in [0.05, 0.1) is 4.90 Å². The Morgan fingerprint density at radius 1 is 0.970 bits per heavy atom. The fourth-order valence-electron chi connectivity index (χ4n) is 4.64. The first-order valence-electron chi connectivity index (χ1n) is 11.8. The Labute approximate surface area is 202 Å². The van der Waals surface area contributed by atoms with Crippen molar-refractivity contribution in [1.82, 2.24) is 9.62 Å². The summed E-state index contributed by atoms with van der Waals surface area (Å²) in [5.74, 6) is 0.136. The van der Waals surface area contributed by atoms with Crippen LogP contribution < -0.4 is 9.62 Å². The minimum atomic E-state index is -3.49. The van der Waals surface area contributed by atoms with Crippen molar-refractivity contribution in [3.63, 3.8) is 0 Å². The number of benzene rings is 2. The van der Waals surface area contributed by atoms with Crippen molar-refractivity contribution in [3.05, 3.63) is 59.1 Å². The highest BCUT2D eigenvalue weighted by atomic mass is 35.5. The zero-order valence-corrected chi connectivity index (χ0v) is 20.5. The quantitative estimate of drug-likeness (QED) is 0.631. The number of rotatable bonds is 7. The number of piperazine rings is 1. The second-order valence-electron chi connectivity index (χ2n) is 8.95. The van der Waals surface area contributed by atoms with Crippen LogP contribution in [0.5, 0.6) is 0 Å². The van der Waals surface area contributed by atoms with Crippen LogP contribution in [0.25, 0.3) is 0 Å². The van der Waals surface area contributed by atoms with E-state index in [-0.39, 0.29) is 11.9 Å². The molecule has 1 heterocycles. The molecule has 0 spiro atoms. The lowest BCUT2D eigenvalue weighted by atomic mass is 9.96. The Morgan fingerprint density at radius 3 is 2.33 bits per heavy atom. The number of anilines is 1. The maximum atomic E-state index is 12.7. The fourth-order valence-corrected chi connectivity index (χ4v) is 6.13. The van der Waals surface area contributed by atoms with Gasteiger partial charge in [0.1, 0.15) is 0 Å². The third kappa shape index (κ3) is 6.49. The summed E-state index contributed by atoms with van der Waals surface area (Å²) in [6.45, 7) is 2.95. The molecule has 0 atom stereocenters. The molecule has 0 unspecified atom stereocenters. The average molecular weight is 490 g/mol. The van der Waals surface area contributed by atoms with Gasteiger partial charge in [0, 0.05) is 49.4 Å². The standard InChI is InChI=1S/C25H32ClN3O3S/c26-21-5-4-8-23(19-21)28-15-17-29(18-16-28)25(30)14-11-20-9-12-24(13-10-20)33(31,32)27-22-6-2-1-3-7-22/h4-5,8-10,12-13,19,22,27H,1-3,6-7,11,14-18H2. The van der Waals surface area contributed by atoms with Crippen LogP contribution in [-0.4, -0.2) is 51.4 Å². The van der Waals surface area contributed by atoms with Crippen LogP contribution >= 0.6 is 11.6 Å². The molecule has 1 aliphatic carbocycles. The zero-order chi connectivity index (χ0) is 23.3. The molecule has 6 nitrogen and oxygen atoms in total. The number of sulfonamides is 1. The molecule has 178 valence electrons. The summed E-state index contributed by atoms with van der Waals surface area (Å²) < 4.78 is 28.1. The lowest BCUT2D eigenvalue weighted by molar-refractivity contribution is -0.131. The van der Waals surface area contributed by atoms with E-state index in [4.69, 9.17) is 11.6 Å². The third-order valence-electron chi connectivity index (χ3n) is 6.59. The number of hydrogen-bond donors (Lipinski definition) is 1. The van der Waals surface area contributed by atoms with Crippen LogP contribution in [0.1, 0.15) is 44.1 Å². The fraction of sp³-hybridized carbons (Fsp3) is 0.480. The van der Waals surface area contributed by atoms with Gasteiger partial charge in [-0.2, -0.15) is 0 Å². The molecule has 2 aromatic rings. The predicted molar refractivity (Wildman–Crippen MR) is 132 cm³/mol. The molecule has 4 rings (SSSR count). The molecule has 8 heteroatoms. The first-order valence-corrected chi connectivity index (χ1v) is 13.7. The van der Waals surface area contributed by atoms with Gasteiger partial charge in [-0.15, -0.1) is 0 Å². The van der Waals surface area contributed by atoms with Crippen molar-refractivity contribution in [3.8, 4) is 0 Å². The summed E-state index contributed by atoms with van der Waals surface area (Å²) in [7, 11) is -3.49. The Balaban J connectivity index is 1.25. The van der Waals surface area contributed by atoms with E-state index in [1.165, 1.54) is 6.42 Å². The van der Waals surface area contributed by atoms with E-state index in [1.807, 2.05) is 41.3 Å². The van der Waals surface area contributed by atoms with Crippen LogP contribution in [-0.2, 0) is 21.2 Å². The first kappa shape index (κ1) is 24.0. The van der Waals surface area contributed by atoms with Gasteiger partial charge in [0.15, 0.2) is 0 Å². The Bertz CT molecular complexity index is 1040. The molecule has 0 radical (unpaired) electrons. The predicted octanol–water partition coefficient (Wildman–Crippen LogP) is 4.23. The summed E-state index contributed by atoms with van der Waals surface area (Å²) >= 11 is 6.09. The minimum absolute atomic E-state index is 0.0420. The number of nitrogens with one attached hydrogen (secondary N) is 1. The maximum Gasteiger partial charge on any atom is 0.240 e. The highest BCUT2D eigenvalue weighted by Gasteiger charge is 2.23. The van der Waals surface area contributed by atoms with Crippen LogP contribution in [0.4, 0.5) is 5.69 Å². The number of nitrogens with zero attached hydrogens (tertiary/aromatic N) is 2. The van der Waals surface area contributed by atoms with E-state index >= 15 is 0 Å². The van der Waals surface area contributed by atoms with Gasteiger partial charge in [-0.05, 0) is 55.2 Å². The maximum absolute atomic E-state index is 12.7. The molecule has 1 saturated heterocycles. The SMILES string of the molecule is O=C(CCc1ccc(S(=O)(=O)NC2CCCCC2)cc1)N1CCN(c2cccc(Cl)c2)CC1. The summed E-state index contributed by atoms with van der Waals surface area (Å²) in [5, 5.41) is 0.717. The molecule has 1 saturated carbocycles. The average Bonchev–Trinajstić information content (AvgIpc) is 2.83. The van der Waals surface area contributed by atoms with Crippen LogP contribution in [0.3, 0.4) is 0 Å². The van der Waals surface area contributed by atoms with E-state index in [0.717, 1.165) is 55.0 Å². The largest absolute Gasteiger partial charge is 0.368 e. The van der Waals surface area contributed by atoms with Crippen molar-refractivity contribution < 1.29 is 13.2 Å². The van der Waals surface area contributed by atoms with E-state index in [9.17, 15) is 13.2 Å². The molecule has 1 amide bonds. The number of amides is 1.